The van der Waals surface area contributed by atoms with Crippen molar-refractivity contribution in [1.29, 1.82) is 0 Å². The molecule has 0 bridgehead atoms. The Morgan fingerprint density at radius 2 is 1.90 bits per heavy atom. The van der Waals surface area contributed by atoms with E-state index in [1.165, 1.54) is 11.8 Å². The number of rotatable bonds is 8. The van der Waals surface area contributed by atoms with Gasteiger partial charge in [0.25, 0.3) is 0 Å². The molecule has 1 atom stereocenters. The number of hydrogen-bond acceptors (Lipinski definition) is 6. The molecule has 1 heterocycles. The first-order valence-corrected chi connectivity index (χ1v) is 10.5. The van der Waals surface area contributed by atoms with Crippen LogP contribution in [0.3, 0.4) is 0 Å². The summed E-state index contributed by atoms with van der Waals surface area (Å²) in [6, 6.07) is 12.6. The third-order valence-corrected chi connectivity index (χ3v) is 5.72. The number of nitrogens with zero attached hydrogens (tertiary/aromatic N) is 1. The van der Waals surface area contributed by atoms with Gasteiger partial charge in [0.1, 0.15) is 5.25 Å². The van der Waals surface area contributed by atoms with E-state index < -0.39 is 5.25 Å². The highest BCUT2D eigenvalue weighted by Gasteiger charge is 2.32. The number of carbonyl (C=O) groups excluding carboxylic acids is 2. The Balaban J connectivity index is 1.48. The van der Waals surface area contributed by atoms with Gasteiger partial charge in [-0.15, -0.1) is 0 Å². The fourth-order valence-corrected chi connectivity index (χ4v) is 3.96. The summed E-state index contributed by atoms with van der Waals surface area (Å²) in [5.41, 5.74) is 1.69. The molecule has 1 aliphatic heterocycles. The second-order valence-corrected chi connectivity index (χ2v) is 8.11. The third kappa shape index (κ3) is 5.90. The second kappa shape index (κ2) is 10.4. The van der Waals surface area contributed by atoms with E-state index in [0.717, 1.165) is 5.56 Å². The number of ether oxygens (including phenoxy) is 2. The van der Waals surface area contributed by atoms with Crippen LogP contribution in [-0.4, -0.2) is 43.0 Å². The lowest BCUT2D eigenvalue weighted by atomic mass is 10.1. The Morgan fingerprint density at radius 3 is 2.60 bits per heavy atom. The lowest BCUT2D eigenvalue weighted by Crippen LogP contribution is -2.32. The van der Waals surface area contributed by atoms with Gasteiger partial charge in [0.05, 0.1) is 19.9 Å². The van der Waals surface area contributed by atoms with Crippen LogP contribution in [0.15, 0.2) is 47.5 Å². The quantitative estimate of drug-likeness (QED) is 0.648. The van der Waals surface area contributed by atoms with Crippen molar-refractivity contribution in [3.63, 3.8) is 0 Å². The maximum absolute atomic E-state index is 12.3. The molecule has 0 spiro atoms. The zero-order valence-corrected chi connectivity index (χ0v) is 18.2. The van der Waals surface area contributed by atoms with Crippen molar-refractivity contribution in [3.8, 4) is 11.5 Å². The molecular formula is C21H22ClN3O4S. The molecule has 1 aliphatic rings. The summed E-state index contributed by atoms with van der Waals surface area (Å²) in [5, 5.41) is 6.16. The molecule has 0 radical (unpaired) electrons. The van der Waals surface area contributed by atoms with Gasteiger partial charge in [-0.05, 0) is 48.4 Å². The number of aliphatic imine (C=N–C) groups is 1. The molecule has 7 nitrogen and oxygen atoms in total. The average Bonchev–Trinajstić information content (AvgIpc) is 3.08. The Hall–Kier alpha value is -2.71. The molecule has 0 aromatic heterocycles. The van der Waals surface area contributed by atoms with Crippen LogP contribution < -0.4 is 20.1 Å². The molecule has 9 heteroatoms. The Labute approximate surface area is 184 Å². The summed E-state index contributed by atoms with van der Waals surface area (Å²) in [7, 11) is 3.17. The van der Waals surface area contributed by atoms with Gasteiger partial charge in [-0.3, -0.25) is 9.59 Å². The largest absolute Gasteiger partial charge is 0.493 e. The number of amides is 2. The normalized spacial score (nSPS) is 17.0. The predicted octanol–water partition coefficient (Wildman–Crippen LogP) is 3.33. The van der Waals surface area contributed by atoms with Crippen molar-refractivity contribution in [3.05, 3.63) is 53.1 Å². The number of nitrogens with one attached hydrogen (secondary N) is 2. The van der Waals surface area contributed by atoms with E-state index in [9.17, 15) is 9.59 Å². The fourth-order valence-electron chi connectivity index (χ4n) is 2.85. The highest BCUT2D eigenvalue weighted by Crippen LogP contribution is 2.28. The first kappa shape index (κ1) is 22.0. The topological polar surface area (TPSA) is 89.0 Å². The van der Waals surface area contributed by atoms with Crippen LogP contribution in [-0.2, 0) is 16.0 Å². The smallest absolute Gasteiger partial charge is 0.240 e. The average molecular weight is 448 g/mol. The monoisotopic (exact) mass is 447 g/mol. The molecule has 3 rings (SSSR count). The zero-order valence-electron chi connectivity index (χ0n) is 16.6. The number of thioether (sulfide) groups is 1. The molecule has 1 unspecified atom stereocenters. The number of halogens is 1. The molecule has 2 aromatic carbocycles. The van der Waals surface area contributed by atoms with Crippen LogP contribution in [0.25, 0.3) is 0 Å². The van der Waals surface area contributed by atoms with E-state index in [1.54, 1.807) is 38.5 Å². The van der Waals surface area contributed by atoms with E-state index >= 15 is 0 Å². The Bertz CT molecular complexity index is 950. The summed E-state index contributed by atoms with van der Waals surface area (Å²) in [6.07, 6.45) is 0.724. The minimum Gasteiger partial charge on any atom is -0.493 e. The van der Waals surface area contributed by atoms with Crippen LogP contribution in [0, 0.1) is 0 Å². The van der Waals surface area contributed by atoms with Gasteiger partial charge in [0.2, 0.25) is 11.8 Å². The SMILES string of the molecule is COc1ccc(CCNC(=O)CC2SC(=Nc3ccc(Cl)cc3)NC2=O)cc1OC. The molecule has 30 heavy (non-hydrogen) atoms. The lowest BCUT2D eigenvalue weighted by molar-refractivity contribution is -0.125. The van der Waals surface area contributed by atoms with Crippen LogP contribution in [0.1, 0.15) is 12.0 Å². The summed E-state index contributed by atoms with van der Waals surface area (Å²) in [4.78, 5) is 28.8. The van der Waals surface area contributed by atoms with Gasteiger partial charge in [0.15, 0.2) is 16.7 Å². The van der Waals surface area contributed by atoms with Gasteiger partial charge in [-0.2, -0.15) is 0 Å². The van der Waals surface area contributed by atoms with Crippen molar-refractivity contribution in [2.75, 3.05) is 20.8 Å². The zero-order chi connectivity index (χ0) is 21.5. The van der Waals surface area contributed by atoms with Crippen LogP contribution >= 0.6 is 23.4 Å². The molecule has 2 amide bonds. The van der Waals surface area contributed by atoms with Crippen LogP contribution in [0.5, 0.6) is 11.5 Å². The van der Waals surface area contributed by atoms with Gasteiger partial charge in [0, 0.05) is 18.0 Å². The summed E-state index contributed by atoms with van der Waals surface area (Å²) in [5.74, 6) is 0.900. The van der Waals surface area contributed by atoms with Gasteiger partial charge >= 0.3 is 0 Å². The van der Waals surface area contributed by atoms with Gasteiger partial charge in [-0.25, -0.2) is 4.99 Å². The fraction of sp³-hybridized carbons (Fsp3) is 0.286. The van der Waals surface area contributed by atoms with E-state index in [0.29, 0.717) is 40.3 Å². The van der Waals surface area contributed by atoms with Crippen LogP contribution in [0.4, 0.5) is 5.69 Å². The number of methoxy groups -OCH3 is 2. The minimum atomic E-state index is -0.503. The van der Waals surface area contributed by atoms with Gasteiger partial charge < -0.3 is 20.1 Å². The van der Waals surface area contributed by atoms with Crippen molar-refractivity contribution in [2.24, 2.45) is 4.99 Å². The summed E-state index contributed by atoms with van der Waals surface area (Å²) < 4.78 is 10.5. The molecule has 1 saturated heterocycles. The van der Waals surface area contributed by atoms with E-state index in [2.05, 4.69) is 15.6 Å². The van der Waals surface area contributed by atoms with Gasteiger partial charge in [-0.1, -0.05) is 29.4 Å². The first-order chi connectivity index (χ1) is 14.5. The molecule has 2 N–H and O–H groups in total. The molecule has 2 aromatic rings. The highest BCUT2D eigenvalue weighted by atomic mass is 35.5. The predicted molar refractivity (Wildman–Crippen MR) is 119 cm³/mol. The van der Waals surface area contributed by atoms with E-state index in [1.807, 2.05) is 18.2 Å². The maximum Gasteiger partial charge on any atom is 0.240 e. The number of carbonyl (C=O) groups is 2. The van der Waals surface area contributed by atoms with E-state index in [4.69, 9.17) is 21.1 Å². The number of amidine groups is 1. The maximum atomic E-state index is 12.3. The van der Waals surface area contributed by atoms with Crippen LogP contribution in [0.2, 0.25) is 5.02 Å². The summed E-state index contributed by atoms with van der Waals surface area (Å²) in [6.45, 7) is 0.457. The van der Waals surface area contributed by atoms with Crippen molar-refractivity contribution >= 4 is 46.0 Å². The number of benzene rings is 2. The second-order valence-electron chi connectivity index (χ2n) is 6.48. The summed E-state index contributed by atoms with van der Waals surface area (Å²) >= 11 is 7.11. The first-order valence-electron chi connectivity index (χ1n) is 9.28. The minimum absolute atomic E-state index is 0.0854. The molecule has 0 aliphatic carbocycles. The van der Waals surface area contributed by atoms with Crippen molar-refractivity contribution in [1.82, 2.24) is 10.6 Å². The molecular weight excluding hydrogens is 426 g/mol. The number of hydrogen-bond donors (Lipinski definition) is 2. The molecule has 1 fully saturated rings. The molecule has 0 saturated carbocycles. The highest BCUT2D eigenvalue weighted by molar-refractivity contribution is 8.15. The third-order valence-electron chi connectivity index (χ3n) is 4.39. The van der Waals surface area contributed by atoms with Crippen molar-refractivity contribution < 1.29 is 19.1 Å². The van der Waals surface area contributed by atoms with E-state index in [-0.39, 0.29) is 18.2 Å². The Kier molecular flexibility index (Phi) is 7.59. The van der Waals surface area contributed by atoms with Crippen molar-refractivity contribution in [2.45, 2.75) is 18.1 Å². The standard InChI is InChI=1S/C21H22ClN3O4S/c1-28-16-8-3-13(11-17(16)29-2)9-10-23-19(26)12-18-20(27)25-21(30-18)24-15-6-4-14(22)5-7-15/h3-8,11,18H,9-10,12H2,1-2H3,(H,23,26)(H,24,25,27). The Morgan fingerprint density at radius 1 is 1.17 bits per heavy atom. The molecule has 158 valence electrons. The lowest BCUT2D eigenvalue weighted by Gasteiger charge is -2.10.